The Kier molecular flexibility index (Phi) is 6.34. The highest BCUT2D eigenvalue weighted by Crippen LogP contribution is 2.30. The number of halogens is 1. The molecule has 2 N–H and O–H groups in total. The lowest BCUT2D eigenvalue weighted by molar-refractivity contribution is -0.118. The zero-order chi connectivity index (χ0) is 22.7. The van der Waals surface area contributed by atoms with E-state index in [0.29, 0.717) is 23.2 Å². The maximum Gasteiger partial charge on any atom is 0.414 e. The van der Waals surface area contributed by atoms with Gasteiger partial charge in [0.1, 0.15) is 17.7 Å². The molecule has 0 saturated carbocycles. The molecule has 1 unspecified atom stereocenters. The minimum Gasteiger partial charge on any atom is -0.444 e. The number of nitrogens with zero attached hydrogens (tertiary/aromatic N) is 4. The van der Waals surface area contributed by atoms with Crippen LogP contribution in [0, 0.1) is 5.82 Å². The molecule has 1 atom stereocenters. The van der Waals surface area contributed by atoms with E-state index in [2.05, 4.69) is 14.9 Å². The van der Waals surface area contributed by atoms with E-state index in [0.717, 1.165) is 31.7 Å². The number of carbonyl (C=O) groups is 2. The van der Waals surface area contributed by atoms with Gasteiger partial charge >= 0.3 is 6.09 Å². The van der Waals surface area contributed by atoms with Gasteiger partial charge < -0.3 is 15.4 Å². The van der Waals surface area contributed by atoms with Crippen molar-refractivity contribution in [1.29, 1.82) is 0 Å². The molecule has 2 aliphatic rings. The molecule has 32 heavy (non-hydrogen) atoms. The minimum atomic E-state index is -0.560. The number of carbonyl (C=O) groups excluding carboxylic acids is 2. The van der Waals surface area contributed by atoms with Gasteiger partial charge in [0.25, 0.3) is 0 Å². The van der Waals surface area contributed by atoms with Gasteiger partial charge in [-0.25, -0.2) is 14.2 Å². The second-order valence-electron chi connectivity index (χ2n) is 7.97. The number of piperidine rings is 1. The number of amides is 2. The molecule has 9 heteroatoms. The van der Waals surface area contributed by atoms with Crippen molar-refractivity contribution >= 4 is 29.2 Å². The number of anilines is 2. The molecule has 2 saturated heterocycles. The van der Waals surface area contributed by atoms with Gasteiger partial charge in [0.05, 0.1) is 12.2 Å². The molecule has 0 aliphatic carbocycles. The second kappa shape index (κ2) is 9.33. The van der Waals surface area contributed by atoms with Gasteiger partial charge in [0, 0.05) is 62.4 Å². The van der Waals surface area contributed by atoms with Crippen LogP contribution in [-0.2, 0) is 9.53 Å². The molecule has 1 aromatic carbocycles. The van der Waals surface area contributed by atoms with Gasteiger partial charge in [-0.3, -0.25) is 14.7 Å². The Bertz CT molecular complexity index is 1030. The maximum absolute atomic E-state index is 14.9. The van der Waals surface area contributed by atoms with Crippen LogP contribution >= 0.6 is 0 Å². The lowest BCUT2D eigenvalue weighted by Gasteiger charge is -2.28. The predicted octanol–water partition coefficient (Wildman–Crippen LogP) is 3.15. The average molecular weight is 439 g/mol. The molecule has 2 fully saturated rings. The van der Waals surface area contributed by atoms with Crippen LogP contribution in [0.2, 0.25) is 0 Å². The summed E-state index contributed by atoms with van der Waals surface area (Å²) in [6.07, 6.45) is 3.00. The number of hydrogen-bond donors (Lipinski definition) is 1. The Balaban J connectivity index is 1.44. The van der Waals surface area contributed by atoms with Crippen LogP contribution < -0.4 is 15.5 Å². The van der Waals surface area contributed by atoms with E-state index in [4.69, 9.17) is 10.5 Å². The quantitative estimate of drug-likeness (QED) is 0.745. The third-order valence-electron chi connectivity index (χ3n) is 5.89. The van der Waals surface area contributed by atoms with E-state index in [1.54, 1.807) is 18.3 Å². The van der Waals surface area contributed by atoms with E-state index >= 15 is 0 Å². The third-order valence-corrected chi connectivity index (χ3v) is 5.89. The van der Waals surface area contributed by atoms with Crippen LogP contribution in [-0.4, -0.2) is 55.5 Å². The fourth-order valence-corrected chi connectivity index (χ4v) is 4.04. The van der Waals surface area contributed by atoms with Crippen molar-refractivity contribution < 1.29 is 18.7 Å². The Morgan fingerprint density at radius 2 is 2.06 bits per heavy atom. The molecule has 4 rings (SSSR count). The van der Waals surface area contributed by atoms with Crippen molar-refractivity contribution in [3.05, 3.63) is 42.3 Å². The predicted molar refractivity (Wildman–Crippen MR) is 120 cm³/mol. The largest absolute Gasteiger partial charge is 0.444 e. The number of hydrogen-bond acceptors (Lipinski definition) is 6. The first-order valence-corrected chi connectivity index (χ1v) is 10.7. The lowest BCUT2D eigenvalue weighted by Crippen LogP contribution is -2.34. The van der Waals surface area contributed by atoms with Gasteiger partial charge in [-0.15, -0.1) is 0 Å². The first-order valence-electron chi connectivity index (χ1n) is 10.7. The fraction of sp³-hybridized carbons (Fsp3) is 0.391. The Labute approximate surface area is 185 Å². The SMILES string of the molecule is CN=C1CCN(c2ccc(-c3ccc(N4CC(CCC(N)=O)OC4=O)cc3F)cn2)CC1. The number of nitrogens with two attached hydrogens (primary N) is 1. The highest BCUT2D eigenvalue weighted by Gasteiger charge is 2.32. The van der Waals surface area contributed by atoms with Crippen LogP contribution in [0.5, 0.6) is 0 Å². The van der Waals surface area contributed by atoms with Crippen molar-refractivity contribution in [1.82, 2.24) is 4.98 Å². The molecule has 2 aromatic rings. The number of rotatable bonds is 6. The highest BCUT2D eigenvalue weighted by molar-refractivity contribution is 5.90. The maximum atomic E-state index is 14.9. The summed E-state index contributed by atoms with van der Waals surface area (Å²) in [4.78, 5) is 35.5. The number of aromatic nitrogens is 1. The summed E-state index contributed by atoms with van der Waals surface area (Å²) in [5.74, 6) is -0.0377. The summed E-state index contributed by atoms with van der Waals surface area (Å²) in [5, 5.41) is 0. The smallest absolute Gasteiger partial charge is 0.414 e. The van der Waals surface area contributed by atoms with Gasteiger partial charge in [0.2, 0.25) is 5.91 Å². The van der Waals surface area contributed by atoms with Crippen molar-refractivity contribution in [2.45, 2.75) is 31.8 Å². The van der Waals surface area contributed by atoms with Crippen molar-refractivity contribution in [2.24, 2.45) is 10.7 Å². The van der Waals surface area contributed by atoms with Crippen molar-refractivity contribution in [2.75, 3.05) is 36.5 Å². The molecule has 168 valence electrons. The Hall–Kier alpha value is -3.49. The van der Waals surface area contributed by atoms with Crippen LogP contribution in [0.4, 0.5) is 20.7 Å². The molecule has 8 nitrogen and oxygen atoms in total. The molecule has 3 heterocycles. The van der Waals surface area contributed by atoms with Crippen molar-refractivity contribution in [3.8, 4) is 11.1 Å². The molecular formula is C23H26FN5O3. The van der Waals surface area contributed by atoms with Gasteiger partial charge in [-0.2, -0.15) is 0 Å². The van der Waals surface area contributed by atoms with Crippen LogP contribution in [0.3, 0.4) is 0 Å². The molecule has 0 bridgehead atoms. The molecule has 2 amide bonds. The van der Waals surface area contributed by atoms with Crippen LogP contribution in [0.15, 0.2) is 41.5 Å². The first kappa shape index (κ1) is 21.7. The van der Waals surface area contributed by atoms with E-state index in [1.165, 1.54) is 16.7 Å². The number of benzene rings is 1. The summed E-state index contributed by atoms with van der Waals surface area (Å²) in [5.41, 5.74) is 7.85. The molecule has 2 aliphatic heterocycles. The monoisotopic (exact) mass is 439 g/mol. The van der Waals surface area contributed by atoms with Crippen LogP contribution in [0.1, 0.15) is 25.7 Å². The molecular weight excluding hydrogens is 413 g/mol. The average Bonchev–Trinajstić information content (AvgIpc) is 3.18. The summed E-state index contributed by atoms with van der Waals surface area (Å²) < 4.78 is 20.2. The van der Waals surface area contributed by atoms with Crippen LogP contribution in [0.25, 0.3) is 11.1 Å². The number of cyclic esters (lactones) is 1. The third kappa shape index (κ3) is 4.71. The van der Waals surface area contributed by atoms with E-state index < -0.39 is 23.9 Å². The van der Waals surface area contributed by atoms with Gasteiger partial charge in [-0.05, 0) is 36.8 Å². The zero-order valence-electron chi connectivity index (χ0n) is 18.0. The lowest BCUT2D eigenvalue weighted by atomic mass is 10.1. The number of ether oxygens (including phenoxy) is 1. The number of pyridine rings is 1. The minimum absolute atomic E-state index is 0.132. The summed E-state index contributed by atoms with van der Waals surface area (Å²) in [6.45, 7) is 1.99. The second-order valence-corrected chi connectivity index (χ2v) is 7.97. The molecule has 0 spiro atoms. The van der Waals surface area contributed by atoms with Gasteiger partial charge in [-0.1, -0.05) is 0 Å². The summed E-state index contributed by atoms with van der Waals surface area (Å²) >= 11 is 0. The summed E-state index contributed by atoms with van der Waals surface area (Å²) in [7, 11) is 1.83. The van der Waals surface area contributed by atoms with Crippen molar-refractivity contribution in [3.63, 3.8) is 0 Å². The van der Waals surface area contributed by atoms with E-state index in [1.807, 2.05) is 19.2 Å². The number of aliphatic imine (C=N–C) groups is 1. The van der Waals surface area contributed by atoms with E-state index in [-0.39, 0.29) is 13.0 Å². The molecule has 1 aromatic heterocycles. The fourth-order valence-electron chi connectivity index (χ4n) is 4.04. The van der Waals surface area contributed by atoms with Gasteiger partial charge in [0.15, 0.2) is 0 Å². The topological polar surface area (TPSA) is 101 Å². The normalized spacial score (nSPS) is 18.6. The first-order chi connectivity index (χ1) is 15.4. The summed E-state index contributed by atoms with van der Waals surface area (Å²) in [6, 6.07) is 8.39. The standard InChI is InChI=1S/C23H26FN5O3/c1-26-16-8-10-28(11-9-16)22-7-2-15(13-27-22)19-5-3-17(12-20(19)24)29-14-18(32-23(29)31)4-6-21(25)30/h2-3,5,7,12-13,18H,4,6,8-11,14H2,1H3,(H2,25,30). The Morgan fingerprint density at radius 3 is 2.69 bits per heavy atom. The zero-order valence-corrected chi connectivity index (χ0v) is 18.0. The highest BCUT2D eigenvalue weighted by atomic mass is 19.1. The van der Waals surface area contributed by atoms with E-state index in [9.17, 15) is 14.0 Å². The molecule has 0 radical (unpaired) electrons. The Morgan fingerprint density at radius 1 is 1.28 bits per heavy atom. The number of primary amides is 1.